The number of nitrogens with one attached hydrogen (secondary N) is 1. The van der Waals surface area contributed by atoms with Crippen LogP contribution < -0.4 is 5.32 Å². The van der Waals surface area contributed by atoms with E-state index in [4.69, 9.17) is 6.42 Å². The van der Waals surface area contributed by atoms with Gasteiger partial charge in [-0.25, -0.2) is 0 Å². The van der Waals surface area contributed by atoms with Gasteiger partial charge in [0, 0.05) is 16.8 Å². The van der Waals surface area contributed by atoms with Crippen LogP contribution in [-0.2, 0) is 0 Å². The zero-order valence-corrected chi connectivity index (χ0v) is 9.18. The van der Waals surface area contributed by atoms with Crippen molar-refractivity contribution in [1.29, 1.82) is 0 Å². The number of hydrogen-bond acceptors (Lipinski definition) is 1. The maximum absolute atomic E-state index is 11.8. The van der Waals surface area contributed by atoms with Crippen LogP contribution in [0.15, 0.2) is 54.6 Å². The van der Waals surface area contributed by atoms with Crippen molar-refractivity contribution in [2.75, 3.05) is 5.32 Å². The van der Waals surface area contributed by atoms with Crippen molar-refractivity contribution in [2.45, 2.75) is 0 Å². The molecule has 1 N–H and O–H groups in total. The minimum Gasteiger partial charge on any atom is -0.322 e. The maximum atomic E-state index is 11.8. The smallest absolute Gasteiger partial charge is 0.255 e. The topological polar surface area (TPSA) is 29.1 Å². The summed E-state index contributed by atoms with van der Waals surface area (Å²) in [7, 11) is 0. The molecule has 1 amide bonds. The lowest BCUT2D eigenvalue weighted by Gasteiger charge is -2.04. The third-order valence-electron chi connectivity index (χ3n) is 2.35. The first-order chi connectivity index (χ1) is 8.29. The van der Waals surface area contributed by atoms with Crippen molar-refractivity contribution in [2.24, 2.45) is 0 Å². The Morgan fingerprint density at radius 3 is 2.24 bits per heavy atom. The third kappa shape index (κ3) is 2.73. The number of hydrogen-bond donors (Lipinski definition) is 1. The van der Waals surface area contributed by atoms with Crippen molar-refractivity contribution in [3.8, 4) is 12.3 Å². The molecule has 2 heteroatoms. The number of terminal acetylenes is 1. The molecule has 17 heavy (non-hydrogen) atoms. The van der Waals surface area contributed by atoms with Gasteiger partial charge in [0.25, 0.3) is 5.91 Å². The normalized spacial score (nSPS) is 9.35. The molecular weight excluding hydrogens is 210 g/mol. The van der Waals surface area contributed by atoms with Crippen LogP contribution in [0.1, 0.15) is 15.9 Å². The summed E-state index contributed by atoms with van der Waals surface area (Å²) >= 11 is 0. The molecule has 0 bridgehead atoms. The van der Waals surface area contributed by atoms with Crippen LogP contribution in [0.2, 0.25) is 0 Å². The van der Waals surface area contributed by atoms with Crippen LogP contribution in [0.3, 0.4) is 0 Å². The Morgan fingerprint density at radius 2 is 1.65 bits per heavy atom. The molecule has 0 atom stereocenters. The summed E-state index contributed by atoms with van der Waals surface area (Å²) in [6.45, 7) is 0. The van der Waals surface area contributed by atoms with Crippen LogP contribution in [-0.4, -0.2) is 5.91 Å². The molecule has 0 fully saturated rings. The van der Waals surface area contributed by atoms with E-state index in [1.54, 1.807) is 36.4 Å². The predicted molar refractivity (Wildman–Crippen MR) is 68.8 cm³/mol. The van der Waals surface area contributed by atoms with Crippen LogP contribution >= 0.6 is 0 Å². The van der Waals surface area contributed by atoms with E-state index in [0.29, 0.717) is 5.56 Å². The molecule has 0 saturated heterocycles. The molecule has 0 saturated carbocycles. The lowest BCUT2D eigenvalue weighted by Crippen LogP contribution is -2.11. The molecule has 0 aromatic heterocycles. The van der Waals surface area contributed by atoms with E-state index in [9.17, 15) is 4.79 Å². The number of carbonyl (C=O) groups is 1. The van der Waals surface area contributed by atoms with Crippen molar-refractivity contribution in [3.63, 3.8) is 0 Å². The Kier molecular flexibility index (Phi) is 3.23. The third-order valence-corrected chi connectivity index (χ3v) is 2.35. The second-order valence-corrected chi connectivity index (χ2v) is 3.54. The molecule has 0 unspecified atom stereocenters. The van der Waals surface area contributed by atoms with Gasteiger partial charge in [-0.1, -0.05) is 24.1 Å². The molecule has 0 radical (unpaired) electrons. The van der Waals surface area contributed by atoms with Gasteiger partial charge in [0.1, 0.15) is 0 Å². The van der Waals surface area contributed by atoms with E-state index in [1.165, 1.54) is 0 Å². The highest BCUT2D eigenvalue weighted by Gasteiger charge is 2.04. The van der Waals surface area contributed by atoms with Crippen molar-refractivity contribution >= 4 is 11.6 Å². The largest absolute Gasteiger partial charge is 0.322 e. The van der Waals surface area contributed by atoms with Gasteiger partial charge < -0.3 is 5.32 Å². The molecule has 2 aromatic rings. The first-order valence-electron chi connectivity index (χ1n) is 5.22. The number of carbonyl (C=O) groups excluding carboxylic acids is 1. The minimum absolute atomic E-state index is 0.126. The number of anilines is 1. The molecule has 0 spiro atoms. The van der Waals surface area contributed by atoms with Crippen LogP contribution in [0.4, 0.5) is 5.69 Å². The van der Waals surface area contributed by atoms with E-state index in [-0.39, 0.29) is 5.91 Å². The first-order valence-corrected chi connectivity index (χ1v) is 5.22. The van der Waals surface area contributed by atoms with Gasteiger partial charge in [0.15, 0.2) is 0 Å². The van der Waals surface area contributed by atoms with Gasteiger partial charge in [0.05, 0.1) is 0 Å². The van der Waals surface area contributed by atoms with Gasteiger partial charge in [-0.3, -0.25) is 4.79 Å². The highest BCUT2D eigenvalue weighted by atomic mass is 16.1. The summed E-state index contributed by atoms with van der Waals surface area (Å²) in [4.78, 5) is 11.8. The molecule has 82 valence electrons. The standard InChI is InChI=1S/C15H11NO/c1-2-12-8-10-14(11-9-12)16-15(17)13-6-4-3-5-7-13/h1,3-11H,(H,16,17). The molecule has 0 aliphatic carbocycles. The van der Waals surface area contributed by atoms with Gasteiger partial charge >= 0.3 is 0 Å². The molecule has 0 aliphatic rings. The van der Waals surface area contributed by atoms with Crippen LogP contribution in [0.25, 0.3) is 0 Å². The highest BCUT2D eigenvalue weighted by molar-refractivity contribution is 6.04. The summed E-state index contributed by atoms with van der Waals surface area (Å²) in [5.41, 5.74) is 2.16. The Hall–Kier alpha value is -2.53. The Bertz CT molecular complexity index is 550. The summed E-state index contributed by atoms with van der Waals surface area (Å²) in [6, 6.07) is 16.2. The van der Waals surface area contributed by atoms with Crippen molar-refractivity contribution in [3.05, 3.63) is 65.7 Å². The second kappa shape index (κ2) is 5.00. The van der Waals surface area contributed by atoms with Crippen LogP contribution in [0, 0.1) is 12.3 Å². The molecule has 0 aliphatic heterocycles. The lowest BCUT2D eigenvalue weighted by atomic mass is 10.2. The Morgan fingerprint density at radius 1 is 1.00 bits per heavy atom. The molecule has 2 aromatic carbocycles. The number of benzene rings is 2. The Balaban J connectivity index is 2.11. The average molecular weight is 221 g/mol. The SMILES string of the molecule is C#Cc1ccc(NC(=O)c2ccccc2)cc1. The van der Waals surface area contributed by atoms with Gasteiger partial charge in [-0.05, 0) is 36.4 Å². The van der Waals surface area contributed by atoms with Gasteiger partial charge in [-0.15, -0.1) is 6.42 Å². The van der Waals surface area contributed by atoms with Crippen molar-refractivity contribution < 1.29 is 4.79 Å². The minimum atomic E-state index is -0.126. The fourth-order valence-corrected chi connectivity index (χ4v) is 1.44. The van der Waals surface area contributed by atoms with E-state index in [0.717, 1.165) is 11.3 Å². The zero-order chi connectivity index (χ0) is 12.1. The van der Waals surface area contributed by atoms with E-state index in [2.05, 4.69) is 11.2 Å². The zero-order valence-electron chi connectivity index (χ0n) is 9.18. The van der Waals surface area contributed by atoms with Gasteiger partial charge in [0.2, 0.25) is 0 Å². The molecular formula is C15H11NO. The molecule has 0 heterocycles. The molecule has 2 nitrogen and oxygen atoms in total. The van der Waals surface area contributed by atoms with E-state index < -0.39 is 0 Å². The predicted octanol–water partition coefficient (Wildman–Crippen LogP) is 2.92. The van der Waals surface area contributed by atoms with Crippen molar-refractivity contribution in [1.82, 2.24) is 0 Å². The number of rotatable bonds is 2. The fraction of sp³-hybridized carbons (Fsp3) is 0. The van der Waals surface area contributed by atoms with Crippen LogP contribution in [0.5, 0.6) is 0 Å². The monoisotopic (exact) mass is 221 g/mol. The van der Waals surface area contributed by atoms with E-state index in [1.807, 2.05) is 18.2 Å². The van der Waals surface area contributed by atoms with E-state index >= 15 is 0 Å². The molecule has 2 rings (SSSR count). The Labute approximate surface area is 100 Å². The van der Waals surface area contributed by atoms with Gasteiger partial charge in [-0.2, -0.15) is 0 Å². The summed E-state index contributed by atoms with van der Waals surface area (Å²) in [6.07, 6.45) is 5.25. The quantitative estimate of drug-likeness (QED) is 0.776. The first kappa shape index (κ1) is 11.0. The second-order valence-electron chi connectivity index (χ2n) is 3.54. The summed E-state index contributed by atoms with van der Waals surface area (Å²) in [5, 5.41) is 2.80. The fourth-order valence-electron chi connectivity index (χ4n) is 1.44. The summed E-state index contributed by atoms with van der Waals surface area (Å²) in [5.74, 6) is 2.40. The summed E-state index contributed by atoms with van der Waals surface area (Å²) < 4.78 is 0. The number of amides is 1. The average Bonchev–Trinajstić information content (AvgIpc) is 2.40. The lowest BCUT2D eigenvalue weighted by molar-refractivity contribution is 0.102. The maximum Gasteiger partial charge on any atom is 0.255 e. The highest BCUT2D eigenvalue weighted by Crippen LogP contribution is 2.10.